The van der Waals surface area contributed by atoms with Crippen LogP contribution in [0.4, 0.5) is 11.5 Å². The van der Waals surface area contributed by atoms with Gasteiger partial charge in [-0.2, -0.15) is 5.10 Å². The monoisotopic (exact) mass is 486 g/mol. The van der Waals surface area contributed by atoms with E-state index in [1.807, 2.05) is 13.4 Å². The van der Waals surface area contributed by atoms with E-state index < -0.39 is 0 Å². The lowest BCUT2D eigenvalue weighted by Crippen LogP contribution is -2.69. The van der Waals surface area contributed by atoms with Crippen molar-refractivity contribution in [1.82, 2.24) is 14.5 Å². The predicted molar refractivity (Wildman–Crippen MR) is 141 cm³/mol. The molecule has 5 aliphatic rings. The summed E-state index contributed by atoms with van der Waals surface area (Å²) in [6.07, 6.45) is 8.59. The number of fused-ring (bicyclic) bond motifs is 2. The highest BCUT2D eigenvalue weighted by atomic mass is 16.5. The lowest BCUT2D eigenvalue weighted by atomic mass is 9.41. The molecule has 0 unspecified atom stereocenters. The molecule has 0 spiro atoms. The maximum atomic E-state index is 5.73. The first-order valence-electron chi connectivity index (χ1n) is 13.2. The maximum Gasteiger partial charge on any atom is 0.164 e. The second-order valence-electron chi connectivity index (χ2n) is 11.3. The van der Waals surface area contributed by atoms with Crippen LogP contribution in [-0.4, -0.2) is 59.3 Å². The normalized spacial score (nSPS) is 28.1. The van der Waals surface area contributed by atoms with Crippen molar-refractivity contribution in [3.05, 3.63) is 47.3 Å². The molecule has 4 fully saturated rings. The second kappa shape index (κ2) is 8.28. The number of ether oxygens (including phenoxy) is 2. The van der Waals surface area contributed by atoms with E-state index in [1.54, 1.807) is 0 Å². The van der Waals surface area contributed by atoms with Crippen LogP contribution in [0.15, 0.2) is 35.7 Å². The smallest absolute Gasteiger partial charge is 0.164 e. The van der Waals surface area contributed by atoms with Gasteiger partial charge in [0.1, 0.15) is 5.52 Å². The summed E-state index contributed by atoms with van der Waals surface area (Å²) in [7, 11) is 1.84. The highest BCUT2D eigenvalue weighted by molar-refractivity contribution is 6.03. The molecule has 1 aliphatic heterocycles. The van der Waals surface area contributed by atoms with Crippen molar-refractivity contribution in [3.8, 4) is 0 Å². The molecule has 0 radical (unpaired) electrons. The van der Waals surface area contributed by atoms with Gasteiger partial charge in [-0.1, -0.05) is 17.7 Å². The first-order valence-corrected chi connectivity index (χ1v) is 13.2. The molecule has 8 rings (SSSR count). The predicted octanol–water partition coefficient (Wildman–Crippen LogP) is 4.30. The van der Waals surface area contributed by atoms with Gasteiger partial charge in [0, 0.05) is 38.4 Å². The Labute approximate surface area is 211 Å². The molecular formula is C28H34N6O2. The Hall–Kier alpha value is -2.97. The number of hydrazone groups is 1. The zero-order valence-electron chi connectivity index (χ0n) is 21.2. The summed E-state index contributed by atoms with van der Waals surface area (Å²) in [5.41, 5.74) is 11.8. The Morgan fingerprint density at radius 3 is 2.78 bits per heavy atom. The number of hydrogen-bond acceptors (Lipinski definition) is 7. The minimum absolute atomic E-state index is 0.139. The summed E-state index contributed by atoms with van der Waals surface area (Å²) >= 11 is 0. The van der Waals surface area contributed by atoms with E-state index in [-0.39, 0.29) is 5.60 Å². The van der Waals surface area contributed by atoms with Crippen LogP contribution in [0, 0.1) is 12.3 Å². The quantitative estimate of drug-likeness (QED) is 0.524. The maximum absolute atomic E-state index is 5.73. The summed E-state index contributed by atoms with van der Waals surface area (Å²) in [5.74, 6) is 0.768. The summed E-state index contributed by atoms with van der Waals surface area (Å²) in [6, 6.07) is 8.81. The zero-order chi connectivity index (χ0) is 24.3. The molecular weight excluding hydrogens is 452 g/mol. The third-order valence-corrected chi connectivity index (χ3v) is 8.68. The number of pyridine rings is 1. The standard InChI is InChI=1S/C28H34N6O2/c1-19-6-7-20-4-3-5-22(21(20)12-19)31-32-24-13-23(33-8-10-36-11-9-33)25-26(30-24)34(18-29-25)17-27-14-28(15-27,16-27)35-2/h6-7,12-13,18H,3-5,8-11,14-17H2,1-2H3,(H,30,32)/b31-22+. The molecule has 188 valence electrons. The van der Waals surface area contributed by atoms with E-state index >= 15 is 0 Å². The van der Waals surface area contributed by atoms with Crippen molar-refractivity contribution in [2.75, 3.05) is 43.7 Å². The fourth-order valence-corrected chi connectivity index (χ4v) is 6.88. The molecule has 1 N–H and O–H groups in total. The fourth-order valence-electron chi connectivity index (χ4n) is 6.88. The van der Waals surface area contributed by atoms with Crippen molar-refractivity contribution in [2.24, 2.45) is 10.5 Å². The van der Waals surface area contributed by atoms with Crippen molar-refractivity contribution < 1.29 is 9.47 Å². The summed E-state index contributed by atoms with van der Waals surface area (Å²) < 4.78 is 13.6. The van der Waals surface area contributed by atoms with Crippen LogP contribution in [0.5, 0.6) is 0 Å². The summed E-state index contributed by atoms with van der Waals surface area (Å²) in [6.45, 7) is 6.25. The second-order valence-corrected chi connectivity index (χ2v) is 11.3. The SMILES string of the molecule is COC12CC(Cn3cnc4c(N5CCOCC5)cc(N/N=C5\CCCc6ccc(C)cc65)nc43)(C1)C2. The van der Waals surface area contributed by atoms with Gasteiger partial charge in [-0.05, 0) is 62.5 Å². The van der Waals surface area contributed by atoms with E-state index in [0.717, 1.165) is 99.8 Å². The number of hydrogen-bond donors (Lipinski definition) is 1. The van der Waals surface area contributed by atoms with Crippen LogP contribution in [-0.2, 0) is 22.4 Å². The van der Waals surface area contributed by atoms with Crippen LogP contribution in [0.25, 0.3) is 11.2 Å². The Morgan fingerprint density at radius 2 is 1.97 bits per heavy atom. The third kappa shape index (κ3) is 3.61. The number of anilines is 2. The van der Waals surface area contributed by atoms with Gasteiger partial charge in [0.15, 0.2) is 11.5 Å². The highest BCUT2D eigenvalue weighted by Gasteiger charge is 2.68. The number of aromatic nitrogens is 3. The fraction of sp³-hybridized carbons (Fsp3) is 0.536. The summed E-state index contributed by atoms with van der Waals surface area (Å²) in [4.78, 5) is 12.2. The van der Waals surface area contributed by atoms with Gasteiger partial charge in [0.25, 0.3) is 0 Å². The molecule has 0 amide bonds. The minimum atomic E-state index is 0.139. The average molecular weight is 487 g/mol. The van der Waals surface area contributed by atoms with Crippen LogP contribution >= 0.6 is 0 Å². The number of nitrogens with zero attached hydrogens (tertiary/aromatic N) is 5. The molecule has 8 heteroatoms. The van der Waals surface area contributed by atoms with Gasteiger partial charge in [0.2, 0.25) is 0 Å². The molecule has 8 nitrogen and oxygen atoms in total. The lowest BCUT2D eigenvalue weighted by molar-refractivity contribution is -0.279. The molecule has 3 saturated carbocycles. The third-order valence-electron chi connectivity index (χ3n) is 8.68. The number of imidazole rings is 1. The van der Waals surface area contributed by atoms with Gasteiger partial charge in [-0.15, -0.1) is 0 Å². The average Bonchev–Trinajstić information content (AvgIpc) is 3.26. The molecule has 0 atom stereocenters. The molecule has 1 saturated heterocycles. The first-order chi connectivity index (χ1) is 17.6. The Balaban J connectivity index is 1.23. The number of methoxy groups -OCH3 is 1. The van der Waals surface area contributed by atoms with Gasteiger partial charge in [-0.3, -0.25) is 5.43 Å². The van der Waals surface area contributed by atoms with Gasteiger partial charge in [0.05, 0.1) is 36.5 Å². The summed E-state index contributed by atoms with van der Waals surface area (Å²) in [5, 5.41) is 4.89. The molecule has 2 aromatic heterocycles. The number of benzene rings is 1. The Kier molecular flexibility index (Phi) is 5.12. The number of aryl methyl sites for hydroxylation is 2. The van der Waals surface area contributed by atoms with Gasteiger partial charge in [-0.25, -0.2) is 9.97 Å². The zero-order valence-corrected chi connectivity index (χ0v) is 21.2. The van der Waals surface area contributed by atoms with Gasteiger partial charge < -0.3 is 18.9 Å². The largest absolute Gasteiger partial charge is 0.378 e. The van der Waals surface area contributed by atoms with Crippen molar-refractivity contribution in [3.63, 3.8) is 0 Å². The molecule has 3 aromatic rings. The molecule has 4 aliphatic carbocycles. The number of nitrogens with one attached hydrogen (secondary N) is 1. The van der Waals surface area contributed by atoms with Crippen LogP contribution < -0.4 is 10.3 Å². The molecule has 36 heavy (non-hydrogen) atoms. The molecule has 3 heterocycles. The Morgan fingerprint density at radius 1 is 1.14 bits per heavy atom. The Bertz CT molecular complexity index is 1340. The molecule has 2 bridgehead atoms. The van der Waals surface area contributed by atoms with Crippen molar-refractivity contribution in [1.29, 1.82) is 0 Å². The number of rotatable bonds is 6. The van der Waals surface area contributed by atoms with E-state index in [9.17, 15) is 0 Å². The molecule has 1 aromatic carbocycles. The van der Waals surface area contributed by atoms with Crippen LogP contribution in [0.2, 0.25) is 0 Å². The highest BCUT2D eigenvalue weighted by Crippen LogP contribution is 2.69. The van der Waals surface area contributed by atoms with E-state index in [4.69, 9.17) is 24.5 Å². The minimum Gasteiger partial charge on any atom is -0.378 e. The van der Waals surface area contributed by atoms with Crippen molar-refractivity contribution in [2.45, 2.75) is 57.6 Å². The van der Waals surface area contributed by atoms with E-state index in [1.165, 1.54) is 16.7 Å². The number of morpholine rings is 1. The topological polar surface area (TPSA) is 76.8 Å². The lowest BCUT2D eigenvalue weighted by Gasteiger charge is -2.69. The van der Waals surface area contributed by atoms with E-state index in [2.05, 4.69) is 46.1 Å². The van der Waals surface area contributed by atoms with Crippen LogP contribution in [0.3, 0.4) is 0 Å². The van der Waals surface area contributed by atoms with Crippen LogP contribution in [0.1, 0.15) is 48.8 Å². The first kappa shape index (κ1) is 22.2. The van der Waals surface area contributed by atoms with Crippen molar-refractivity contribution >= 4 is 28.4 Å². The van der Waals surface area contributed by atoms with E-state index in [0.29, 0.717) is 5.41 Å². The van der Waals surface area contributed by atoms with Gasteiger partial charge >= 0.3 is 0 Å².